The first-order valence-electron chi connectivity index (χ1n) is 5.83. The highest BCUT2D eigenvalue weighted by Crippen LogP contribution is 2.36. The zero-order valence-electron chi connectivity index (χ0n) is 11.3. The van der Waals surface area contributed by atoms with Gasteiger partial charge in [0.25, 0.3) is 0 Å². The zero-order valence-corrected chi connectivity index (χ0v) is 12.9. The molecular weight excluding hydrogens is 292 g/mol. The molecule has 18 heavy (non-hydrogen) atoms. The van der Waals surface area contributed by atoms with Crippen molar-refractivity contribution in [3.63, 3.8) is 0 Å². The Hall–Kier alpha value is -1.29. The molecule has 96 valence electrons. The van der Waals surface area contributed by atoms with Gasteiger partial charge in [0.1, 0.15) is 21.9 Å². The number of hydrogen-bond donors (Lipinski definition) is 1. The Labute approximate surface area is 116 Å². The van der Waals surface area contributed by atoms with Crippen LogP contribution in [0.2, 0.25) is 0 Å². The molecular formula is C14H17BrN2O. The third-order valence-corrected chi connectivity index (χ3v) is 3.84. The number of halogens is 1. The summed E-state index contributed by atoms with van der Waals surface area (Å²) in [5.74, 6) is 1.86. The summed E-state index contributed by atoms with van der Waals surface area (Å²) in [6.07, 6.45) is 0. The van der Waals surface area contributed by atoms with E-state index < -0.39 is 0 Å². The van der Waals surface area contributed by atoms with Crippen LogP contribution in [0, 0.1) is 27.7 Å². The normalized spacial score (nSPS) is 10.8. The summed E-state index contributed by atoms with van der Waals surface area (Å²) >= 11 is 3.52. The van der Waals surface area contributed by atoms with Gasteiger partial charge in [0.2, 0.25) is 0 Å². The number of benzene rings is 1. The Balaban J connectivity index is 2.70. The van der Waals surface area contributed by atoms with Gasteiger partial charge < -0.3 is 9.72 Å². The molecule has 0 spiro atoms. The Morgan fingerprint density at radius 2 is 1.83 bits per heavy atom. The van der Waals surface area contributed by atoms with E-state index in [-0.39, 0.29) is 0 Å². The minimum absolute atomic E-state index is 0.905. The lowest BCUT2D eigenvalue weighted by molar-refractivity contribution is 0.408. The highest BCUT2D eigenvalue weighted by atomic mass is 79.9. The second-order valence-electron chi connectivity index (χ2n) is 4.51. The molecule has 4 heteroatoms. The van der Waals surface area contributed by atoms with Crippen molar-refractivity contribution >= 4 is 15.9 Å². The molecule has 0 saturated heterocycles. The van der Waals surface area contributed by atoms with Gasteiger partial charge in [0, 0.05) is 5.56 Å². The molecule has 0 saturated carbocycles. The second-order valence-corrected chi connectivity index (χ2v) is 5.30. The molecule has 1 N–H and O–H groups in total. The summed E-state index contributed by atoms with van der Waals surface area (Å²) in [6.45, 7) is 8.19. The largest absolute Gasteiger partial charge is 0.496 e. The average molecular weight is 309 g/mol. The van der Waals surface area contributed by atoms with Crippen molar-refractivity contribution in [2.24, 2.45) is 0 Å². The number of rotatable bonds is 2. The quantitative estimate of drug-likeness (QED) is 0.907. The summed E-state index contributed by atoms with van der Waals surface area (Å²) in [7, 11) is 1.71. The van der Waals surface area contributed by atoms with Crippen molar-refractivity contribution in [3.05, 3.63) is 33.2 Å². The standard InChI is InChI=1S/C14H17BrN2O/c1-7-6-11(8(2)9(3)13(7)18-5)12-14(15)17-10(4)16-12/h6H,1-5H3,(H,16,17). The fraction of sp³-hybridized carbons (Fsp3) is 0.357. The third-order valence-electron chi connectivity index (χ3n) is 3.26. The number of nitrogens with zero attached hydrogens (tertiary/aromatic N) is 1. The number of hydrogen-bond acceptors (Lipinski definition) is 2. The molecule has 0 amide bonds. The average Bonchev–Trinajstić information content (AvgIpc) is 2.64. The number of ether oxygens (including phenoxy) is 1. The molecule has 2 aromatic rings. The maximum absolute atomic E-state index is 5.44. The summed E-state index contributed by atoms with van der Waals surface area (Å²) in [6, 6.07) is 2.13. The summed E-state index contributed by atoms with van der Waals surface area (Å²) < 4.78 is 6.37. The molecule has 0 fully saturated rings. The highest BCUT2D eigenvalue weighted by Gasteiger charge is 2.16. The molecule has 3 nitrogen and oxygen atoms in total. The van der Waals surface area contributed by atoms with E-state index in [9.17, 15) is 0 Å². The van der Waals surface area contributed by atoms with Gasteiger partial charge in [0.15, 0.2) is 0 Å². The van der Waals surface area contributed by atoms with E-state index in [2.05, 4.69) is 52.7 Å². The van der Waals surface area contributed by atoms with Crippen LogP contribution in [0.5, 0.6) is 5.75 Å². The maximum atomic E-state index is 5.44. The number of aryl methyl sites for hydroxylation is 2. The highest BCUT2D eigenvalue weighted by molar-refractivity contribution is 9.10. The number of nitrogens with one attached hydrogen (secondary N) is 1. The van der Waals surface area contributed by atoms with Crippen LogP contribution in [0.4, 0.5) is 0 Å². The van der Waals surface area contributed by atoms with Gasteiger partial charge in [-0.2, -0.15) is 0 Å². The molecule has 1 aromatic carbocycles. The Morgan fingerprint density at radius 3 is 2.33 bits per heavy atom. The number of aromatic nitrogens is 2. The molecule has 0 aliphatic carbocycles. The first-order valence-corrected chi connectivity index (χ1v) is 6.62. The van der Waals surface area contributed by atoms with E-state index in [4.69, 9.17) is 4.74 Å². The zero-order chi connectivity index (χ0) is 13.4. The summed E-state index contributed by atoms with van der Waals surface area (Å²) in [4.78, 5) is 7.71. The van der Waals surface area contributed by atoms with Gasteiger partial charge in [-0.1, -0.05) is 0 Å². The van der Waals surface area contributed by atoms with E-state index in [1.807, 2.05) is 6.92 Å². The fourth-order valence-corrected chi connectivity index (χ4v) is 2.85. The van der Waals surface area contributed by atoms with E-state index in [0.29, 0.717) is 0 Å². The van der Waals surface area contributed by atoms with Crippen LogP contribution in [0.15, 0.2) is 10.7 Å². The van der Waals surface area contributed by atoms with E-state index in [1.165, 1.54) is 11.1 Å². The number of methoxy groups -OCH3 is 1. The SMILES string of the molecule is COc1c(C)cc(-c2nc(C)[nH]c2Br)c(C)c1C. The lowest BCUT2D eigenvalue weighted by atomic mass is 9.97. The number of aromatic amines is 1. The van der Waals surface area contributed by atoms with Gasteiger partial charge >= 0.3 is 0 Å². The van der Waals surface area contributed by atoms with Crippen molar-refractivity contribution in [2.45, 2.75) is 27.7 Å². The topological polar surface area (TPSA) is 37.9 Å². The van der Waals surface area contributed by atoms with Crippen LogP contribution in [0.25, 0.3) is 11.3 Å². The molecule has 0 atom stereocenters. The van der Waals surface area contributed by atoms with Crippen LogP contribution < -0.4 is 4.74 Å². The monoisotopic (exact) mass is 308 g/mol. The summed E-state index contributed by atoms with van der Waals surface area (Å²) in [5, 5.41) is 0. The number of H-pyrrole nitrogens is 1. The van der Waals surface area contributed by atoms with Crippen molar-refractivity contribution in [2.75, 3.05) is 7.11 Å². The molecule has 1 heterocycles. The molecule has 2 rings (SSSR count). The van der Waals surface area contributed by atoms with Crippen LogP contribution in [0.1, 0.15) is 22.5 Å². The first kappa shape index (κ1) is 13.1. The van der Waals surface area contributed by atoms with Crippen LogP contribution in [-0.4, -0.2) is 17.1 Å². The lowest BCUT2D eigenvalue weighted by Gasteiger charge is -2.14. The minimum Gasteiger partial charge on any atom is -0.496 e. The van der Waals surface area contributed by atoms with E-state index in [1.54, 1.807) is 7.11 Å². The Morgan fingerprint density at radius 1 is 1.17 bits per heavy atom. The van der Waals surface area contributed by atoms with Crippen molar-refractivity contribution in [1.29, 1.82) is 0 Å². The van der Waals surface area contributed by atoms with Gasteiger partial charge in [-0.3, -0.25) is 0 Å². The van der Waals surface area contributed by atoms with Crippen molar-refractivity contribution in [1.82, 2.24) is 9.97 Å². The van der Waals surface area contributed by atoms with Crippen molar-refractivity contribution < 1.29 is 4.74 Å². The molecule has 0 aliphatic heterocycles. The third kappa shape index (κ3) is 2.05. The van der Waals surface area contributed by atoms with Crippen LogP contribution in [0.3, 0.4) is 0 Å². The van der Waals surface area contributed by atoms with E-state index in [0.717, 1.165) is 33.0 Å². The van der Waals surface area contributed by atoms with Crippen LogP contribution >= 0.6 is 15.9 Å². The molecule has 1 aromatic heterocycles. The lowest BCUT2D eigenvalue weighted by Crippen LogP contribution is -1.97. The molecule has 0 unspecified atom stereocenters. The van der Waals surface area contributed by atoms with Gasteiger partial charge in [-0.15, -0.1) is 0 Å². The van der Waals surface area contributed by atoms with Gasteiger partial charge in [-0.05, 0) is 66.4 Å². The van der Waals surface area contributed by atoms with Crippen molar-refractivity contribution in [3.8, 4) is 17.0 Å². The minimum atomic E-state index is 0.905. The predicted octanol–water partition coefficient (Wildman–Crippen LogP) is 4.08. The van der Waals surface area contributed by atoms with Crippen LogP contribution in [-0.2, 0) is 0 Å². The molecule has 0 radical (unpaired) electrons. The van der Waals surface area contributed by atoms with Gasteiger partial charge in [0.05, 0.1) is 7.11 Å². The number of imidazole rings is 1. The molecule has 0 aliphatic rings. The Kier molecular flexibility index (Phi) is 3.48. The predicted molar refractivity (Wildman–Crippen MR) is 77.2 cm³/mol. The summed E-state index contributed by atoms with van der Waals surface area (Å²) in [5.41, 5.74) is 5.59. The van der Waals surface area contributed by atoms with Gasteiger partial charge in [-0.25, -0.2) is 4.98 Å². The second kappa shape index (κ2) is 4.76. The smallest absolute Gasteiger partial charge is 0.124 e. The first-order chi connectivity index (χ1) is 8.45. The fourth-order valence-electron chi connectivity index (χ4n) is 2.26. The maximum Gasteiger partial charge on any atom is 0.124 e. The Bertz CT molecular complexity index is 602. The van der Waals surface area contributed by atoms with E-state index >= 15 is 0 Å². The molecule has 0 bridgehead atoms.